The summed E-state index contributed by atoms with van der Waals surface area (Å²) in [6, 6.07) is 6.06. The molecule has 0 atom stereocenters. The van der Waals surface area contributed by atoms with Crippen LogP contribution in [0.3, 0.4) is 0 Å². The molecule has 1 fully saturated rings. The zero-order valence-electron chi connectivity index (χ0n) is 22.2. The van der Waals surface area contributed by atoms with Gasteiger partial charge in [-0.2, -0.15) is 0 Å². The molecule has 6 nitrogen and oxygen atoms in total. The number of ether oxygens (including phenoxy) is 1. The molecule has 1 amide bonds. The number of esters is 1. The molecule has 1 saturated heterocycles. The Morgan fingerprint density at radius 1 is 1.16 bits per heavy atom. The van der Waals surface area contributed by atoms with Crippen molar-refractivity contribution in [3.63, 3.8) is 0 Å². The first-order valence-electron chi connectivity index (χ1n) is 12.7. The number of carbonyl (C=O) groups excluding carboxylic acids is 2. The van der Waals surface area contributed by atoms with Crippen LogP contribution in [0, 0.1) is 27.7 Å². The molecule has 38 heavy (non-hydrogen) atoms. The Bertz CT molecular complexity index is 1510. The Morgan fingerprint density at radius 3 is 2.58 bits per heavy atom. The van der Waals surface area contributed by atoms with Crippen LogP contribution in [0.15, 0.2) is 32.6 Å². The van der Waals surface area contributed by atoms with Crippen LogP contribution in [0.2, 0.25) is 0 Å². The Morgan fingerprint density at radius 2 is 1.87 bits per heavy atom. The number of thiophene rings is 1. The lowest BCUT2D eigenvalue weighted by Crippen LogP contribution is -2.19. The van der Waals surface area contributed by atoms with Gasteiger partial charge in [-0.15, -0.1) is 11.3 Å². The van der Waals surface area contributed by atoms with Gasteiger partial charge in [0.05, 0.1) is 22.8 Å². The summed E-state index contributed by atoms with van der Waals surface area (Å²) in [5.41, 5.74) is 7.78. The van der Waals surface area contributed by atoms with Gasteiger partial charge in [0.1, 0.15) is 5.00 Å². The smallest absolute Gasteiger partial charge is 0.341 e. The molecule has 2 aromatic heterocycles. The lowest BCUT2D eigenvalue weighted by atomic mass is 9.95. The minimum absolute atomic E-state index is 0.164. The maximum absolute atomic E-state index is 13.1. The number of aliphatic imine (C=N–C) groups is 1. The molecule has 198 valence electrons. The summed E-state index contributed by atoms with van der Waals surface area (Å²) in [5, 5.41) is 4.38. The van der Waals surface area contributed by atoms with Gasteiger partial charge in [0.15, 0.2) is 5.17 Å². The van der Waals surface area contributed by atoms with Crippen molar-refractivity contribution in [3.05, 3.63) is 71.7 Å². The predicted molar refractivity (Wildman–Crippen MR) is 160 cm³/mol. The minimum atomic E-state index is -0.251. The van der Waals surface area contributed by atoms with E-state index in [2.05, 4.69) is 36.9 Å². The van der Waals surface area contributed by atoms with Gasteiger partial charge in [0, 0.05) is 20.7 Å². The average Bonchev–Trinajstić information content (AvgIpc) is 3.50. The Labute approximate surface area is 239 Å². The average molecular weight is 613 g/mol. The zero-order valence-corrected chi connectivity index (χ0v) is 25.4. The topological polar surface area (TPSA) is 72.7 Å². The Balaban J connectivity index is 1.50. The van der Waals surface area contributed by atoms with Crippen LogP contribution in [-0.2, 0) is 22.4 Å². The lowest BCUT2D eigenvalue weighted by molar-refractivity contribution is -0.115. The summed E-state index contributed by atoms with van der Waals surface area (Å²) in [4.78, 5) is 32.4. The largest absolute Gasteiger partial charge is 0.462 e. The number of nitrogens with one attached hydrogen (secondary N) is 1. The van der Waals surface area contributed by atoms with E-state index in [-0.39, 0.29) is 11.9 Å². The van der Waals surface area contributed by atoms with E-state index in [0.29, 0.717) is 22.2 Å². The van der Waals surface area contributed by atoms with Gasteiger partial charge < -0.3 is 14.6 Å². The van der Waals surface area contributed by atoms with Crippen molar-refractivity contribution in [3.8, 4) is 5.00 Å². The standard InChI is InChI=1S/C29H30BrN3O3S2/c1-6-36-28(35)24-21-9-7-8-10-22(21)37-27(24)33-17(4)13-19(18(33)5)14-23-26(34)32-29(38-23)31-20-11-15(2)25(30)16(3)12-20/h11-14H,6-10H2,1-5H3,(H,31,32,34)/b23-14-. The van der Waals surface area contributed by atoms with Crippen LogP contribution in [0.5, 0.6) is 0 Å². The van der Waals surface area contributed by atoms with Crippen molar-refractivity contribution in [1.82, 2.24) is 9.88 Å². The Kier molecular flexibility index (Phi) is 7.71. The van der Waals surface area contributed by atoms with Gasteiger partial charge >= 0.3 is 5.97 Å². The molecule has 9 heteroatoms. The molecule has 0 unspecified atom stereocenters. The monoisotopic (exact) mass is 611 g/mol. The van der Waals surface area contributed by atoms with E-state index < -0.39 is 0 Å². The number of amidine groups is 1. The number of amides is 1. The quantitative estimate of drug-likeness (QED) is 0.240. The third-order valence-corrected chi connectivity index (χ3v) is 10.3. The number of nitrogens with zero attached hydrogens (tertiary/aromatic N) is 2. The van der Waals surface area contributed by atoms with E-state index in [0.717, 1.165) is 74.5 Å². The van der Waals surface area contributed by atoms with Gasteiger partial charge in [-0.25, -0.2) is 9.79 Å². The van der Waals surface area contributed by atoms with Crippen LogP contribution < -0.4 is 5.32 Å². The second-order valence-electron chi connectivity index (χ2n) is 9.65. The first kappa shape index (κ1) is 27.0. The van der Waals surface area contributed by atoms with Gasteiger partial charge in [-0.05, 0) is 119 Å². The maximum Gasteiger partial charge on any atom is 0.341 e. The molecule has 0 radical (unpaired) electrons. The second kappa shape index (κ2) is 10.9. The summed E-state index contributed by atoms with van der Waals surface area (Å²) >= 11 is 6.62. The molecular formula is C29H30BrN3O3S2. The number of halogens is 1. The third kappa shape index (κ3) is 5.03. The van der Waals surface area contributed by atoms with Crippen molar-refractivity contribution in [2.24, 2.45) is 4.99 Å². The molecule has 3 aromatic rings. The van der Waals surface area contributed by atoms with Crippen molar-refractivity contribution >= 4 is 67.8 Å². The molecule has 3 heterocycles. The first-order valence-corrected chi connectivity index (χ1v) is 15.2. The maximum atomic E-state index is 13.1. The molecule has 0 bridgehead atoms. The molecule has 0 saturated carbocycles. The van der Waals surface area contributed by atoms with E-state index in [1.807, 2.05) is 52.8 Å². The number of fused-ring (bicyclic) bond motifs is 1. The van der Waals surface area contributed by atoms with Gasteiger partial charge in [0.2, 0.25) is 0 Å². The first-order chi connectivity index (χ1) is 18.2. The van der Waals surface area contributed by atoms with Crippen LogP contribution in [0.4, 0.5) is 5.69 Å². The van der Waals surface area contributed by atoms with Crippen molar-refractivity contribution < 1.29 is 14.3 Å². The van der Waals surface area contributed by atoms with Crippen LogP contribution in [-0.4, -0.2) is 28.2 Å². The lowest BCUT2D eigenvalue weighted by Gasteiger charge is -2.13. The van der Waals surface area contributed by atoms with E-state index in [1.54, 1.807) is 11.3 Å². The molecular weight excluding hydrogens is 582 g/mol. The van der Waals surface area contributed by atoms with Crippen molar-refractivity contribution in [2.75, 3.05) is 6.61 Å². The fraction of sp³-hybridized carbons (Fsp3) is 0.345. The summed E-state index contributed by atoms with van der Waals surface area (Å²) < 4.78 is 8.68. The molecule has 1 aliphatic heterocycles. The number of aromatic nitrogens is 1. The van der Waals surface area contributed by atoms with Gasteiger partial charge in [-0.1, -0.05) is 15.9 Å². The molecule has 1 aliphatic carbocycles. The zero-order chi connectivity index (χ0) is 27.1. The van der Waals surface area contributed by atoms with Crippen molar-refractivity contribution in [1.29, 1.82) is 0 Å². The minimum Gasteiger partial charge on any atom is -0.462 e. The van der Waals surface area contributed by atoms with E-state index in [4.69, 9.17) is 4.74 Å². The van der Waals surface area contributed by atoms with Crippen LogP contribution in [0.25, 0.3) is 11.1 Å². The van der Waals surface area contributed by atoms with E-state index in [9.17, 15) is 9.59 Å². The van der Waals surface area contributed by atoms with Gasteiger partial charge in [-0.3, -0.25) is 4.79 Å². The molecule has 1 aromatic carbocycles. The number of thioether (sulfide) groups is 1. The van der Waals surface area contributed by atoms with Crippen LogP contribution >= 0.6 is 39.0 Å². The fourth-order valence-electron chi connectivity index (χ4n) is 5.10. The van der Waals surface area contributed by atoms with E-state index in [1.165, 1.54) is 16.6 Å². The number of rotatable bonds is 5. The summed E-state index contributed by atoms with van der Waals surface area (Å²) in [7, 11) is 0. The highest BCUT2D eigenvalue weighted by atomic mass is 79.9. The SMILES string of the molecule is CCOC(=O)c1c(-n2c(C)cc(/C=C3\SC(=Nc4cc(C)c(Br)c(C)c4)NC3=O)c2C)sc2c1CCCC2. The fourth-order valence-corrected chi connectivity index (χ4v) is 7.65. The normalized spacial score (nSPS) is 17.3. The summed E-state index contributed by atoms with van der Waals surface area (Å²) in [5.74, 6) is -0.415. The van der Waals surface area contributed by atoms with Gasteiger partial charge in [0.25, 0.3) is 5.91 Å². The van der Waals surface area contributed by atoms with Crippen molar-refractivity contribution in [2.45, 2.75) is 60.3 Å². The highest BCUT2D eigenvalue weighted by Crippen LogP contribution is 2.40. The number of carbonyl (C=O) groups is 2. The summed E-state index contributed by atoms with van der Waals surface area (Å²) in [6.45, 7) is 10.3. The van der Waals surface area contributed by atoms with E-state index >= 15 is 0 Å². The van der Waals surface area contributed by atoms with Crippen LogP contribution in [0.1, 0.15) is 68.6 Å². The highest BCUT2D eigenvalue weighted by Gasteiger charge is 2.29. The number of aryl methyl sites for hydroxylation is 4. The Hall–Kier alpha value is -2.62. The predicted octanol–water partition coefficient (Wildman–Crippen LogP) is 7.48. The molecule has 1 N–H and O–H groups in total. The number of hydrogen-bond donors (Lipinski definition) is 1. The number of hydrogen-bond acceptors (Lipinski definition) is 6. The molecule has 2 aliphatic rings. The third-order valence-electron chi connectivity index (χ3n) is 6.89. The summed E-state index contributed by atoms with van der Waals surface area (Å²) in [6.07, 6.45) is 6.06. The molecule has 5 rings (SSSR count). The number of benzene rings is 1. The second-order valence-corrected chi connectivity index (χ2v) is 12.6. The highest BCUT2D eigenvalue weighted by molar-refractivity contribution is 9.10. The molecule has 0 spiro atoms.